The summed E-state index contributed by atoms with van der Waals surface area (Å²) in [5, 5.41) is 10.1. The van der Waals surface area contributed by atoms with Gasteiger partial charge in [-0.05, 0) is 96.1 Å². The van der Waals surface area contributed by atoms with Gasteiger partial charge < -0.3 is 0 Å². The molecule has 0 N–H and O–H groups in total. The molecule has 7 rings (SSSR count). The van der Waals surface area contributed by atoms with Crippen LogP contribution in [0.15, 0.2) is 59.3 Å². The summed E-state index contributed by atoms with van der Waals surface area (Å²) in [5.41, 5.74) is 8.31. The van der Waals surface area contributed by atoms with Crippen LogP contribution >= 0.6 is 45.3 Å². The van der Waals surface area contributed by atoms with Crippen LogP contribution in [0.2, 0.25) is 0 Å². The van der Waals surface area contributed by atoms with Crippen molar-refractivity contribution in [1.82, 2.24) is 0 Å². The van der Waals surface area contributed by atoms with Crippen molar-refractivity contribution >= 4 is 85.7 Å². The molecule has 0 nitrogen and oxygen atoms in total. The minimum Gasteiger partial charge on any atom is -0.144 e. The third kappa shape index (κ3) is 2.86. The molecule has 0 bridgehead atoms. The zero-order valence-corrected chi connectivity index (χ0v) is 22.7. The first-order chi connectivity index (χ1) is 16.5. The topological polar surface area (TPSA) is 0 Å². The molecule has 0 saturated heterocycles. The maximum absolute atomic E-state index is 2.40. The molecule has 4 heteroatoms. The second kappa shape index (κ2) is 7.50. The number of fused-ring (bicyclic) bond motifs is 6. The van der Waals surface area contributed by atoms with E-state index in [2.05, 4.69) is 87.0 Å². The molecular weight excluding hydrogens is 489 g/mol. The van der Waals surface area contributed by atoms with E-state index in [4.69, 9.17) is 0 Å². The van der Waals surface area contributed by atoms with Gasteiger partial charge in [0.05, 0.1) is 0 Å². The molecule has 0 aliphatic rings. The average Bonchev–Trinajstić information content (AvgIpc) is 3.65. The molecule has 0 saturated carbocycles. The number of hydrogen-bond donors (Lipinski definition) is 0. The van der Waals surface area contributed by atoms with Crippen molar-refractivity contribution in [1.29, 1.82) is 0 Å². The van der Waals surface area contributed by atoms with Crippen LogP contribution in [0.25, 0.3) is 61.2 Å². The summed E-state index contributed by atoms with van der Waals surface area (Å²) >= 11 is 7.58. The van der Waals surface area contributed by atoms with Crippen molar-refractivity contribution in [3.8, 4) is 20.9 Å². The van der Waals surface area contributed by atoms with Crippen molar-refractivity contribution in [2.24, 2.45) is 0 Å². The van der Waals surface area contributed by atoms with Gasteiger partial charge in [0.2, 0.25) is 0 Å². The van der Waals surface area contributed by atoms with Gasteiger partial charge in [-0.3, -0.25) is 0 Å². The van der Waals surface area contributed by atoms with Crippen LogP contribution in [0.1, 0.15) is 22.3 Å². The zero-order valence-electron chi connectivity index (χ0n) is 19.4. The number of thiophene rings is 4. The highest BCUT2D eigenvalue weighted by atomic mass is 32.1. The molecule has 4 heterocycles. The van der Waals surface area contributed by atoms with E-state index in [1.807, 2.05) is 45.3 Å². The summed E-state index contributed by atoms with van der Waals surface area (Å²) in [7, 11) is 0. The molecule has 0 aliphatic heterocycles. The van der Waals surface area contributed by atoms with E-state index in [1.54, 1.807) is 0 Å². The molecule has 0 aliphatic carbocycles. The van der Waals surface area contributed by atoms with Crippen molar-refractivity contribution in [3.63, 3.8) is 0 Å². The molecule has 166 valence electrons. The summed E-state index contributed by atoms with van der Waals surface area (Å²) in [4.78, 5) is 2.70. The minimum atomic E-state index is 1.30. The number of rotatable bonds is 2. The van der Waals surface area contributed by atoms with E-state index in [1.165, 1.54) is 83.5 Å². The summed E-state index contributed by atoms with van der Waals surface area (Å²) < 4.78 is 5.72. The van der Waals surface area contributed by atoms with Gasteiger partial charge in [-0.15, -0.1) is 45.3 Å². The van der Waals surface area contributed by atoms with E-state index < -0.39 is 0 Å². The summed E-state index contributed by atoms with van der Waals surface area (Å²) in [5.74, 6) is 0. The zero-order chi connectivity index (χ0) is 23.1. The smallest absolute Gasteiger partial charge is 0.0388 e. The lowest BCUT2D eigenvalue weighted by Crippen LogP contribution is -1.80. The highest BCUT2D eigenvalue weighted by Gasteiger charge is 2.16. The van der Waals surface area contributed by atoms with Crippen molar-refractivity contribution in [3.05, 3.63) is 81.5 Å². The van der Waals surface area contributed by atoms with E-state index in [9.17, 15) is 0 Å². The lowest BCUT2D eigenvalue weighted by Gasteiger charge is -2.04. The Morgan fingerprint density at radius 2 is 0.824 bits per heavy atom. The minimum absolute atomic E-state index is 1.30. The molecule has 3 aromatic carbocycles. The van der Waals surface area contributed by atoms with Gasteiger partial charge >= 0.3 is 0 Å². The van der Waals surface area contributed by atoms with E-state index in [-0.39, 0.29) is 0 Å². The molecule has 4 aromatic heterocycles. The first kappa shape index (κ1) is 20.8. The Bertz CT molecular complexity index is 1740. The van der Waals surface area contributed by atoms with Crippen LogP contribution in [0.4, 0.5) is 0 Å². The van der Waals surface area contributed by atoms with Crippen LogP contribution in [0.3, 0.4) is 0 Å². The predicted octanol–water partition coefficient (Wildman–Crippen LogP) is 11.1. The van der Waals surface area contributed by atoms with Gasteiger partial charge in [0.15, 0.2) is 0 Å². The van der Waals surface area contributed by atoms with E-state index >= 15 is 0 Å². The highest BCUT2D eigenvalue weighted by molar-refractivity contribution is 7.23. The van der Waals surface area contributed by atoms with Crippen LogP contribution < -0.4 is 0 Å². The molecule has 0 atom stereocenters. The number of benzene rings is 3. The Morgan fingerprint density at radius 3 is 1.24 bits per heavy atom. The Morgan fingerprint density at radius 1 is 0.441 bits per heavy atom. The Kier molecular flexibility index (Phi) is 4.59. The number of aryl methyl sites for hydroxylation is 4. The Balaban J connectivity index is 1.34. The number of hydrogen-bond acceptors (Lipinski definition) is 4. The average molecular weight is 511 g/mol. The first-order valence-electron chi connectivity index (χ1n) is 11.4. The third-order valence-electron chi connectivity index (χ3n) is 7.32. The summed E-state index contributed by atoms with van der Waals surface area (Å²) in [6.07, 6.45) is 0. The van der Waals surface area contributed by atoms with E-state index in [0.29, 0.717) is 0 Å². The van der Waals surface area contributed by atoms with Crippen LogP contribution in [-0.2, 0) is 0 Å². The largest absolute Gasteiger partial charge is 0.144 e. The van der Waals surface area contributed by atoms with Gasteiger partial charge in [0, 0.05) is 50.1 Å². The highest BCUT2D eigenvalue weighted by Crippen LogP contribution is 2.45. The van der Waals surface area contributed by atoms with Gasteiger partial charge in [-0.1, -0.05) is 24.3 Å². The van der Waals surface area contributed by atoms with Gasteiger partial charge in [0.25, 0.3) is 0 Å². The Hall–Kier alpha value is -2.50. The maximum atomic E-state index is 2.40. The summed E-state index contributed by atoms with van der Waals surface area (Å²) in [6, 6.07) is 18.6. The van der Waals surface area contributed by atoms with Gasteiger partial charge in [0.1, 0.15) is 0 Å². The molecule has 0 amide bonds. The summed E-state index contributed by atoms with van der Waals surface area (Å²) in [6.45, 7) is 9.07. The molecule has 0 radical (unpaired) electrons. The molecule has 34 heavy (non-hydrogen) atoms. The lowest BCUT2D eigenvalue weighted by molar-refractivity contribution is 1.44. The third-order valence-corrected chi connectivity index (χ3v) is 12.0. The fraction of sp³-hybridized carbons (Fsp3) is 0.133. The van der Waals surface area contributed by atoms with Crippen molar-refractivity contribution < 1.29 is 0 Å². The van der Waals surface area contributed by atoms with Crippen LogP contribution in [-0.4, -0.2) is 0 Å². The second-order valence-corrected chi connectivity index (χ2v) is 13.0. The normalized spacial score (nSPS) is 12.1. The van der Waals surface area contributed by atoms with Gasteiger partial charge in [-0.25, -0.2) is 0 Å². The van der Waals surface area contributed by atoms with Crippen LogP contribution in [0, 0.1) is 27.7 Å². The first-order valence-corrected chi connectivity index (χ1v) is 14.8. The fourth-order valence-electron chi connectivity index (χ4n) is 5.13. The molecule has 0 spiro atoms. The maximum Gasteiger partial charge on any atom is 0.0388 e. The van der Waals surface area contributed by atoms with Crippen molar-refractivity contribution in [2.75, 3.05) is 0 Å². The molecule has 0 unspecified atom stereocenters. The second-order valence-electron chi connectivity index (χ2n) is 9.11. The van der Waals surface area contributed by atoms with Gasteiger partial charge in [-0.2, -0.15) is 0 Å². The molecule has 0 fully saturated rings. The van der Waals surface area contributed by atoms with Crippen molar-refractivity contribution in [2.45, 2.75) is 27.7 Å². The fourth-order valence-corrected chi connectivity index (χ4v) is 9.55. The quantitative estimate of drug-likeness (QED) is 0.217. The van der Waals surface area contributed by atoms with E-state index in [0.717, 1.165) is 0 Å². The predicted molar refractivity (Wildman–Crippen MR) is 158 cm³/mol. The lowest BCUT2D eigenvalue weighted by atomic mass is 10.0. The standard InChI is InChI=1S/C30H22S4/c1-15-17(3)29-23(21-9-11-31-27(15)21)13-25(33-29)19-5-7-20(8-6-19)26-14-24-22-10-12-32-28(22)16(2)18(4)30(24)34-26/h5-14H,1-4H3. The Labute approximate surface area is 214 Å². The van der Waals surface area contributed by atoms with Crippen LogP contribution in [0.5, 0.6) is 0 Å². The monoisotopic (exact) mass is 510 g/mol. The molecule has 7 aromatic rings. The SMILES string of the molecule is Cc1c(C)c2sc(-c3ccc(-c4cc5c(s4)c(C)c(C)c4sccc45)cc3)cc2c2ccsc12. The molecular formula is C30H22S4.